The number of aromatic nitrogens is 1. The standard InChI is InChI=1S/C15H15N2/c1-2-6-13(7-3-1)15(9-5-11-17-15)14-8-4-10-16-12-14/h1-4,6-8,10,12H,5,9,11H2. The summed E-state index contributed by atoms with van der Waals surface area (Å²) < 4.78 is 0. The lowest BCUT2D eigenvalue weighted by atomic mass is 9.82. The first-order valence-electron chi connectivity index (χ1n) is 6.06. The summed E-state index contributed by atoms with van der Waals surface area (Å²) in [5.74, 6) is 0. The van der Waals surface area contributed by atoms with Crippen LogP contribution in [0, 0.1) is 0 Å². The lowest BCUT2D eigenvalue weighted by molar-refractivity contribution is 0.464. The van der Waals surface area contributed by atoms with Gasteiger partial charge in [0.25, 0.3) is 0 Å². The van der Waals surface area contributed by atoms with Crippen LogP contribution in [-0.4, -0.2) is 11.5 Å². The van der Waals surface area contributed by atoms with E-state index in [1.54, 1.807) is 0 Å². The summed E-state index contributed by atoms with van der Waals surface area (Å²) in [6.07, 6.45) is 6.01. The minimum atomic E-state index is -0.157. The molecule has 1 aromatic heterocycles. The molecule has 0 N–H and O–H groups in total. The highest BCUT2D eigenvalue weighted by atomic mass is 15.0. The Balaban J connectivity index is 2.11. The van der Waals surface area contributed by atoms with Crippen molar-refractivity contribution in [1.29, 1.82) is 0 Å². The van der Waals surface area contributed by atoms with Crippen LogP contribution in [0.2, 0.25) is 0 Å². The molecular formula is C15H15N2. The van der Waals surface area contributed by atoms with Gasteiger partial charge in [-0.15, -0.1) is 0 Å². The van der Waals surface area contributed by atoms with E-state index in [2.05, 4.69) is 41.4 Å². The maximum atomic E-state index is 4.87. The fourth-order valence-corrected chi connectivity index (χ4v) is 2.64. The second kappa shape index (κ2) is 4.30. The van der Waals surface area contributed by atoms with Crippen molar-refractivity contribution in [2.75, 3.05) is 6.54 Å². The Morgan fingerprint density at radius 2 is 1.76 bits per heavy atom. The Bertz CT molecular complexity index is 431. The predicted molar refractivity (Wildman–Crippen MR) is 67.7 cm³/mol. The molecule has 0 spiro atoms. The third-order valence-corrected chi connectivity index (χ3v) is 3.47. The number of hydrogen-bond acceptors (Lipinski definition) is 1. The van der Waals surface area contributed by atoms with Crippen LogP contribution in [-0.2, 0) is 5.54 Å². The van der Waals surface area contributed by atoms with E-state index < -0.39 is 0 Å². The van der Waals surface area contributed by atoms with Crippen molar-refractivity contribution < 1.29 is 0 Å². The van der Waals surface area contributed by atoms with E-state index in [1.165, 1.54) is 11.1 Å². The van der Waals surface area contributed by atoms with Crippen LogP contribution in [0.3, 0.4) is 0 Å². The van der Waals surface area contributed by atoms with Gasteiger partial charge in [0.15, 0.2) is 0 Å². The molecule has 2 nitrogen and oxygen atoms in total. The molecule has 0 bridgehead atoms. The zero-order chi connectivity index (χ0) is 11.6. The van der Waals surface area contributed by atoms with Gasteiger partial charge in [0.1, 0.15) is 0 Å². The third-order valence-electron chi connectivity index (χ3n) is 3.47. The number of benzene rings is 1. The van der Waals surface area contributed by atoms with E-state index in [-0.39, 0.29) is 5.54 Å². The van der Waals surface area contributed by atoms with Crippen LogP contribution in [0.5, 0.6) is 0 Å². The lowest BCUT2D eigenvalue weighted by Gasteiger charge is -2.29. The van der Waals surface area contributed by atoms with Crippen molar-refractivity contribution in [3.63, 3.8) is 0 Å². The highest BCUT2D eigenvalue weighted by Gasteiger charge is 2.38. The van der Waals surface area contributed by atoms with Crippen molar-refractivity contribution >= 4 is 0 Å². The first-order valence-corrected chi connectivity index (χ1v) is 6.06. The molecule has 0 saturated carbocycles. The van der Waals surface area contributed by atoms with Crippen molar-refractivity contribution in [2.24, 2.45) is 0 Å². The minimum absolute atomic E-state index is 0.157. The summed E-state index contributed by atoms with van der Waals surface area (Å²) in [4.78, 5) is 4.24. The summed E-state index contributed by atoms with van der Waals surface area (Å²) in [6, 6.07) is 14.7. The van der Waals surface area contributed by atoms with Crippen molar-refractivity contribution in [1.82, 2.24) is 10.3 Å². The Hall–Kier alpha value is -1.67. The molecule has 1 aromatic carbocycles. The average Bonchev–Trinajstić information content (AvgIpc) is 2.91. The summed E-state index contributed by atoms with van der Waals surface area (Å²) in [6.45, 7) is 0.948. The van der Waals surface area contributed by atoms with Crippen LogP contribution in [0.4, 0.5) is 0 Å². The molecule has 1 unspecified atom stereocenters. The molecule has 0 aliphatic carbocycles. The first kappa shape index (κ1) is 10.5. The molecule has 0 amide bonds. The van der Waals surface area contributed by atoms with Crippen LogP contribution in [0.25, 0.3) is 0 Å². The van der Waals surface area contributed by atoms with E-state index in [0.29, 0.717) is 0 Å². The minimum Gasteiger partial charge on any atom is -0.264 e. The van der Waals surface area contributed by atoms with Gasteiger partial charge in [-0.1, -0.05) is 36.4 Å². The van der Waals surface area contributed by atoms with E-state index in [0.717, 1.165) is 19.4 Å². The van der Waals surface area contributed by atoms with E-state index >= 15 is 0 Å². The van der Waals surface area contributed by atoms with Crippen LogP contribution in [0.15, 0.2) is 54.9 Å². The average molecular weight is 223 g/mol. The third kappa shape index (κ3) is 1.75. The molecule has 1 aliphatic heterocycles. The van der Waals surface area contributed by atoms with Gasteiger partial charge in [-0.25, -0.2) is 5.32 Å². The van der Waals surface area contributed by atoms with Crippen LogP contribution < -0.4 is 5.32 Å². The molecule has 2 heteroatoms. The smallest absolute Gasteiger partial charge is 0.0869 e. The Kier molecular flexibility index (Phi) is 2.65. The van der Waals surface area contributed by atoms with Crippen LogP contribution >= 0.6 is 0 Å². The molecule has 2 aromatic rings. The molecule has 17 heavy (non-hydrogen) atoms. The zero-order valence-electron chi connectivity index (χ0n) is 9.71. The lowest BCUT2D eigenvalue weighted by Crippen LogP contribution is -2.32. The normalized spacial score (nSPS) is 23.8. The first-order chi connectivity index (χ1) is 8.42. The molecule has 1 fully saturated rings. The zero-order valence-corrected chi connectivity index (χ0v) is 9.71. The quantitative estimate of drug-likeness (QED) is 0.769. The fraction of sp³-hybridized carbons (Fsp3) is 0.267. The van der Waals surface area contributed by atoms with Gasteiger partial charge in [0.2, 0.25) is 0 Å². The van der Waals surface area contributed by atoms with Gasteiger partial charge in [-0.2, -0.15) is 0 Å². The predicted octanol–water partition coefficient (Wildman–Crippen LogP) is 2.72. The summed E-state index contributed by atoms with van der Waals surface area (Å²) in [5, 5.41) is 4.87. The molecule has 3 rings (SSSR count). The molecule has 2 heterocycles. The largest absolute Gasteiger partial charge is 0.264 e. The second-order valence-electron chi connectivity index (χ2n) is 4.45. The van der Waals surface area contributed by atoms with Gasteiger partial charge < -0.3 is 0 Å². The van der Waals surface area contributed by atoms with Gasteiger partial charge >= 0.3 is 0 Å². The Morgan fingerprint density at radius 1 is 0.941 bits per heavy atom. The second-order valence-corrected chi connectivity index (χ2v) is 4.45. The molecule has 1 saturated heterocycles. The molecule has 1 atom stereocenters. The van der Waals surface area contributed by atoms with E-state index in [1.807, 2.05) is 18.5 Å². The topological polar surface area (TPSA) is 27.0 Å². The number of hydrogen-bond donors (Lipinski definition) is 0. The highest BCUT2D eigenvalue weighted by molar-refractivity contribution is 5.37. The number of rotatable bonds is 2. The van der Waals surface area contributed by atoms with Crippen LogP contribution in [0.1, 0.15) is 24.0 Å². The SMILES string of the molecule is c1ccc(C2(c3cccnc3)CCC[N]2)cc1. The van der Waals surface area contributed by atoms with Crippen molar-refractivity contribution in [2.45, 2.75) is 18.4 Å². The van der Waals surface area contributed by atoms with Gasteiger partial charge in [0.05, 0.1) is 5.54 Å². The van der Waals surface area contributed by atoms with Crippen molar-refractivity contribution in [3.8, 4) is 0 Å². The molecular weight excluding hydrogens is 208 g/mol. The molecule has 1 radical (unpaired) electrons. The maximum absolute atomic E-state index is 4.87. The summed E-state index contributed by atoms with van der Waals surface area (Å²) >= 11 is 0. The monoisotopic (exact) mass is 223 g/mol. The Morgan fingerprint density at radius 3 is 2.41 bits per heavy atom. The number of pyridine rings is 1. The summed E-state index contributed by atoms with van der Waals surface area (Å²) in [5.41, 5.74) is 2.34. The van der Waals surface area contributed by atoms with Crippen molar-refractivity contribution in [3.05, 3.63) is 66.0 Å². The number of nitrogens with zero attached hydrogens (tertiary/aromatic N) is 2. The van der Waals surface area contributed by atoms with Gasteiger partial charge in [-0.05, 0) is 30.0 Å². The fourth-order valence-electron chi connectivity index (χ4n) is 2.64. The highest BCUT2D eigenvalue weighted by Crippen LogP contribution is 2.38. The van der Waals surface area contributed by atoms with Gasteiger partial charge in [0, 0.05) is 18.9 Å². The summed E-state index contributed by atoms with van der Waals surface area (Å²) in [7, 11) is 0. The Labute approximate surface area is 102 Å². The molecule has 85 valence electrons. The van der Waals surface area contributed by atoms with Gasteiger partial charge in [-0.3, -0.25) is 4.98 Å². The van der Waals surface area contributed by atoms with E-state index in [9.17, 15) is 0 Å². The maximum Gasteiger partial charge on any atom is 0.0869 e. The molecule has 1 aliphatic rings. The van der Waals surface area contributed by atoms with E-state index in [4.69, 9.17) is 5.32 Å².